The van der Waals surface area contributed by atoms with Crippen molar-refractivity contribution in [2.45, 2.75) is 70.0 Å². The van der Waals surface area contributed by atoms with Crippen LogP contribution in [-0.2, 0) is 0 Å². The second-order valence-electron chi connectivity index (χ2n) is 6.89. The third kappa shape index (κ3) is 3.97. The average molecular weight is 292 g/mol. The molecule has 0 aromatic rings. The highest BCUT2D eigenvalue weighted by molar-refractivity contribution is 5.05. The van der Waals surface area contributed by atoms with Crippen LogP contribution in [0.15, 0.2) is 0 Å². The molecule has 0 radical (unpaired) electrons. The summed E-state index contributed by atoms with van der Waals surface area (Å²) in [4.78, 5) is 5.35. The summed E-state index contributed by atoms with van der Waals surface area (Å²) in [5, 5.41) is 12.6. The van der Waals surface area contributed by atoms with E-state index in [-0.39, 0.29) is 5.54 Å². The van der Waals surface area contributed by atoms with Crippen molar-refractivity contribution in [3.05, 3.63) is 0 Å². The molecule has 120 valence electrons. The van der Waals surface area contributed by atoms with Gasteiger partial charge < -0.3 is 5.32 Å². The largest absolute Gasteiger partial charge is 0.302 e. The van der Waals surface area contributed by atoms with Gasteiger partial charge in [0.05, 0.1) is 6.07 Å². The average Bonchev–Trinajstić information content (AvgIpc) is 2.52. The van der Waals surface area contributed by atoms with E-state index in [1.807, 2.05) is 7.05 Å². The predicted molar refractivity (Wildman–Crippen MR) is 87.2 cm³/mol. The Kier molecular flexibility index (Phi) is 6.04. The summed E-state index contributed by atoms with van der Waals surface area (Å²) < 4.78 is 0. The second kappa shape index (κ2) is 7.58. The van der Waals surface area contributed by atoms with E-state index in [1.54, 1.807) is 0 Å². The van der Waals surface area contributed by atoms with E-state index in [9.17, 15) is 5.26 Å². The van der Waals surface area contributed by atoms with Gasteiger partial charge in [-0.05, 0) is 59.2 Å². The van der Waals surface area contributed by atoms with Crippen LogP contribution in [-0.4, -0.2) is 60.6 Å². The fourth-order valence-corrected chi connectivity index (χ4v) is 3.98. The molecule has 3 atom stereocenters. The van der Waals surface area contributed by atoms with Gasteiger partial charge in [-0.3, -0.25) is 9.80 Å². The second-order valence-corrected chi connectivity index (χ2v) is 6.89. The van der Waals surface area contributed by atoms with Gasteiger partial charge in [0.2, 0.25) is 0 Å². The summed E-state index contributed by atoms with van der Waals surface area (Å²) in [5.74, 6) is 0. The maximum Gasteiger partial charge on any atom is 0.106 e. The number of piperidine rings is 1. The van der Waals surface area contributed by atoms with Crippen LogP contribution in [0.25, 0.3) is 0 Å². The molecule has 4 nitrogen and oxygen atoms in total. The van der Waals surface area contributed by atoms with Gasteiger partial charge >= 0.3 is 0 Å². The maximum absolute atomic E-state index is 9.39. The van der Waals surface area contributed by atoms with Crippen molar-refractivity contribution in [3.8, 4) is 6.07 Å². The molecule has 1 N–H and O–H groups in total. The highest BCUT2D eigenvalue weighted by Gasteiger charge is 2.33. The number of hydrogen-bond donors (Lipinski definition) is 1. The van der Waals surface area contributed by atoms with Gasteiger partial charge in [0.15, 0.2) is 0 Å². The van der Waals surface area contributed by atoms with Crippen LogP contribution in [0.5, 0.6) is 0 Å². The van der Waals surface area contributed by atoms with E-state index in [2.05, 4.69) is 35.0 Å². The zero-order valence-electron chi connectivity index (χ0n) is 14.1. The van der Waals surface area contributed by atoms with Crippen LogP contribution in [0.1, 0.15) is 52.4 Å². The van der Waals surface area contributed by atoms with Crippen LogP contribution in [0.4, 0.5) is 0 Å². The van der Waals surface area contributed by atoms with E-state index in [0.717, 1.165) is 31.8 Å². The van der Waals surface area contributed by atoms with Gasteiger partial charge in [-0.1, -0.05) is 13.3 Å². The molecule has 4 heteroatoms. The first-order valence-electron chi connectivity index (χ1n) is 8.72. The fourth-order valence-electron chi connectivity index (χ4n) is 3.98. The predicted octanol–water partition coefficient (Wildman–Crippen LogP) is 2.22. The lowest BCUT2D eigenvalue weighted by molar-refractivity contribution is 0.0140. The number of hydrogen-bond acceptors (Lipinski definition) is 4. The first-order chi connectivity index (χ1) is 10.1. The molecule has 2 fully saturated rings. The fraction of sp³-hybridized carbons (Fsp3) is 0.941. The van der Waals surface area contributed by atoms with Gasteiger partial charge in [0.1, 0.15) is 5.54 Å². The Morgan fingerprint density at radius 2 is 2.14 bits per heavy atom. The Hall–Kier alpha value is -0.630. The van der Waals surface area contributed by atoms with Crippen LogP contribution >= 0.6 is 0 Å². The van der Waals surface area contributed by atoms with Crippen molar-refractivity contribution in [1.82, 2.24) is 15.1 Å². The first kappa shape index (κ1) is 16.7. The Bertz CT molecular complexity index is 358. The Morgan fingerprint density at radius 1 is 1.33 bits per heavy atom. The topological polar surface area (TPSA) is 42.3 Å². The minimum Gasteiger partial charge on any atom is -0.302 e. The van der Waals surface area contributed by atoms with Crippen LogP contribution in [0, 0.1) is 11.3 Å². The monoisotopic (exact) mass is 292 g/mol. The number of nitrogens with one attached hydrogen (secondary N) is 1. The van der Waals surface area contributed by atoms with Gasteiger partial charge in [-0.15, -0.1) is 0 Å². The minimum atomic E-state index is -0.324. The molecular formula is C17H32N4. The van der Waals surface area contributed by atoms with Gasteiger partial charge in [0, 0.05) is 25.2 Å². The van der Waals surface area contributed by atoms with E-state index in [4.69, 9.17) is 0 Å². The molecular weight excluding hydrogens is 260 g/mol. The molecule has 21 heavy (non-hydrogen) atoms. The number of nitriles is 1. The molecule has 0 spiro atoms. The molecule has 2 heterocycles. The van der Waals surface area contributed by atoms with Gasteiger partial charge in [0.25, 0.3) is 0 Å². The van der Waals surface area contributed by atoms with E-state index >= 15 is 0 Å². The number of rotatable bonds is 6. The van der Waals surface area contributed by atoms with E-state index in [0.29, 0.717) is 6.04 Å². The zero-order valence-corrected chi connectivity index (χ0v) is 14.1. The molecule has 0 saturated carbocycles. The molecule has 0 aromatic heterocycles. The quantitative estimate of drug-likeness (QED) is 0.815. The summed E-state index contributed by atoms with van der Waals surface area (Å²) in [7, 11) is 1.91. The lowest BCUT2D eigenvalue weighted by Gasteiger charge is -2.47. The van der Waals surface area contributed by atoms with Crippen LogP contribution < -0.4 is 5.32 Å². The van der Waals surface area contributed by atoms with Crippen molar-refractivity contribution in [1.29, 1.82) is 5.26 Å². The summed E-state index contributed by atoms with van der Waals surface area (Å²) >= 11 is 0. The Balaban J connectivity index is 1.81. The number of fused-ring (bicyclic) bond motifs is 1. The first-order valence-corrected chi connectivity index (χ1v) is 8.72. The smallest absolute Gasteiger partial charge is 0.106 e. The highest BCUT2D eigenvalue weighted by atomic mass is 15.3. The number of nitrogens with zero attached hydrogens (tertiary/aromatic N) is 3. The zero-order chi connectivity index (χ0) is 15.3. The van der Waals surface area contributed by atoms with Gasteiger partial charge in [-0.2, -0.15) is 5.26 Å². The number of piperazine rings is 1. The standard InChI is InChI=1S/C17H32N4/c1-4-17(14-18,19-3)9-7-11-20-13-16-8-5-6-10-21(16)12-15(20)2/h15-16,19H,4-13H2,1-3H3. The highest BCUT2D eigenvalue weighted by Crippen LogP contribution is 2.25. The molecule has 0 amide bonds. The van der Waals surface area contributed by atoms with Crippen molar-refractivity contribution in [2.75, 3.05) is 33.2 Å². The third-order valence-corrected chi connectivity index (χ3v) is 5.66. The maximum atomic E-state index is 9.39. The molecule has 2 aliphatic rings. The normalized spacial score (nSPS) is 30.4. The molecule has 0 aromatic carbocycles. The van der Waals surface area contributed by atoms with Crippen LogP contribution in [0.3, 0.4) is 0 Å². The molecule has 2 rings (SSSR count). The van der Waals surface area contributed by atoms with Crippen molar-refractivity contribution >= 4 is 0 Å². The SMILES string of the molecule is CCC(C#N)(CCCN1CC2CCCCN2CC1C)NC. The lowest BCUT2D eigenvalue weighted by Crippen LogP contribution is -2.58. The molecule has 3 unspecified atom stereocenters. The Morgan fingerprint density at radius 3 is 2.81 bits per heavy atom. The van der Waals surface area contributed by atoms with E-state index < -0.39 is 0 Å². The van der Waals surface area contributed by atoms with Gasteiger partial charge in [-0.25, -0.2) is 0 Å². The van der Waals surface area contributed by atoms with E-state index in [1.165, 1.54) is 38.9 Å². The summed E-state index contributed by atoms with van der Waals surface area (Å²) in [6.07, 6.45) is 7.10. The summed E-state index contributed by atoms with van der Waals surface area (Å²) in [6.45, 7) is 9.36. The lowest BCUT2D eigenvalue weighted by atomic mass is 9.91. The molecule has 0 aliphatic carbocycles. The molecule has 2 saturated heterocycles. The Labute approximate surface area is 130 Å². The third-order valence-electron chi connectivity index (χ3n) is 5.66. The van der Waals surface area contributed by atoms with Crippen molar-refractivity contribution < 1.29 is 0 Å². The van der Waals surface area contributed by atoms with Crippen LogP contribution in [0.2, 0.25) is 0 Å². The molecule has 0 bridgehead atoms. The molecule has 2 aliphatic heterocycles. The summed E-state index contributed by atoms with van der Waals surface area (Å²) in [5.41, 5.74) is -0.324. The van der Waals surface area contributed by atoms with Crippen molar-refractivity contribution in [2.24, 2.45) is 0 Å². The minimum absolute atomic E-state index is 0.324. The summed E-state index contributed by atoms with van der Waals surface area (Å²) in [6, 6.07) is 3.91. The van der Waals surface area contributed by atoms with Crippen molar-refractivity contribution in [3.63, 3.8) is 0 Å².